The van der Waals surface area contributed by atoms with Crippen LogP contribution in [0.4, 0.5) is 0 Å². The molecule has 3 nitrogen and oxygen atoms in total. The lowest BCUT2D eigenvalue weighted by molar-refractivity contribution is 0.241. The second-order valence-corrected chi connectivity index (χ2v) is 8.07. The minimum atomic E-state index is 0.0627. The van der Waals surface area contributed by atoms with Gasteiger partial charge in [-0.3, -0.25) is 4.90 Å². The highest BCUT2D eigenvalue weighted by Gasteiger charge is 2.42. The zero-order chi connectivity index (χ0) is 15.0. The Labute approximate surface area is 127 Å². The van der Waals surface area contributed by atoms with Crippen molar-refractivity contribution in [1.29, 1.82) is 0 Å². The lowest BCUT2D eigenvalue weighted by Gasteiger charge is -2.29. The van der Waals surface area contributed by atoms with E-state index < -0.39 is 0 Å². The Bertz CT molecular complexity index is 447. The topological polar surface area (TPSA) is 28.2 Å². The number of likely N-dealkylation sites (tertiary alicyclic amines) is 1. The second-order valence-electron chi connectivity index (χ2n) is 7.21. The van der Waals surface area contributed by atoms with Crippen LogP contribution in [0.2, 0.25) is 0 Å². The molecular formula is C16H29N3S. The van der Waals surface area contributed by atoms with Crippen LogP contribution in [-0.4, -0.2) is 35.6 Å². The monoisotopic (exact) mass is 295 g/mol. The van der Waals surface area contributed by atoms with Crippen LogP contribution in [0.1, 0.15) is 58.7 Å². The molecule has 4 heteroatoms. The summed E-state index contributed by atoms with van der Waals surface area (Å²) >= 11 is 1.83. The Morgan fingerprint density at radius 1 is 1.45 bits per heavy atom. The van der Waals surface area contributed by atoms with Crippen molar-refractivity contribution in [3.05, 3.63) is 16.1 Å². The smallest absolute Gasteiger partial charge is 0.114 e. The van der Waals surface area contributed by atoms with Crippen molar-refractivity contribution >= 4 is 11.3 Å². The average molecular weight is 295 g/mol. The fourth-order valence-electron chi connectivity index (χ4n) is 2.85. The van der Waals surface area contributed by atoms with E-state index in [-0.39, 0.29) is 11.0 Å². The zero-order valence-electron chi connectivity index (χ0n) is 13.8. The van der Waals surface area contributed by atoms with Gasteiger partial charge in [-0.25, -0.2) is 4.98 Å². The van der Waals surface area contributed by atoms with Crippen LogP contribution in [0.3, 0.4) is 0 Å². The van der Waals surface area contributed by atoms with Crippen LogP contribution in [0, 0.1) is 0 Å². The van der Waals surface area contributed by atoms with Crippen molar-refractivity contribution in [3.8, 4) is 0 Å². The van der Waals surface area contributed by atoms with Gasteiger partial charge in [0, 0.05) is 29.9 Å². The number of hydrogen-bond donors (Lipinski definition) is 1. The molecule has 1 saturated heterocycles. The van der Waals surface area contributed by atoms with Crippen LogP contribution in [0.5, 0.6) is 0 Å². The maximum atomic E-state index is 4.98. The maximum absolute atomic E-state index is 4.98. The summed E-state index contributed by atoms with van der Waals surface area (Å²) in [6, 6.07) is 0.609. The number of rotatable bonds is 4. The molecule has 1 unspecified atom stereocenters. The van der Waals surface area contributed by atoms with Crippen LogP contribution >= 0.6 is 11.3 Å². The fraction of sp³-hybridized carbons (Fsp3) is 0.812. The average Bonchev–Trinajstić information content (AvgIpc) is 2.94. The molecule has 2 heterocycles. The highest BCUT2D eigenvalue weighted by Crippen LogP contribution is 2.36. The minimum Gasteiger partial charge on any atom is -0.305 e. The van der Waals surface area contributed by atoms with Crippen molar-refractivity contribution < 1.29 is 0 Å². The van der Waals surface area contributed by atoms with Crippen molar-refractivity contribution in [3.63, 3.8) is 0 Å². The van der Waals surface area contributed by atoms with E-state index in [0.717, 1.165) is 26.1 Å². The zero-order valence-corrected chi connectivity index (χ0v) is 14.6. The standard InChI is InChI=1S/C16H29N3S/c1-7-17-16(8-9-19(11-16)12(2)3)14-18-13(10-20-14)15(4,5)6/h10,12,17H,7-9,11H2,1-6H3. The van der Waals surface area contributed by atoms with Gasteiger partial charge in [-0.05, 0) is 26.8 Å². The molecule has 0 bridgehead atoms. The molecule has 0 aromatic carbocycles. The third-order valence-corrected chi connectivity index (χ3v) is 5.27. The van der Waals surface area contributed by atoms with Gasteiger partial charge in [0.1, 0.15) is 5.01 Å². The highest BCUT2D eigenvalue weighted by molar-refractivity contribution is 7.09. The van der Waals surface area contributed by atoms with Gasteiger partial charge in [-0.15, -0.1) is 11.3 Å². The van der Waals surface area contributed by atoms with Gasteiger partial charge in [0.25, 0.3) is 0 Å². The molecule has 114 valence electrons. The highest BCUT2D eigenvalue weighted by atomic mass is 32.1. The molecule has 1 aromatic rings. The number of thiazole rings is 1. The molecule has 20 heavy (non-hydrogen) atoms. The summed E-state index contributed by atoms with van der Waals surface area (Å²) in [5, 5.41) is 7.24. The first-order chi connectivity index (χ1) is 9.28. The predicted molar refractivity (Wildman–Crippen MR) is 87.5 cm³/mol. The number of nitrogens with zero attached hydrogens (tertiary/aromatic N) is 2. The first kappa shape index (κ1) is 15.9. The number of nitrogens with one attached hydrogen (secondary N) is 1. The quantitative estimate of drug-likeness (QED) is 0.923. The number of aromatic nitrogens is 1. The summed E-state index contributed by atoms with van der Waals surface area (Å²) in [7, 11) is 0. The summed E-state index contributed by atoms with van der Waals surface area (Å²) in [6.45, 7) is 16.7. The first-order valence-corrected chi connectivity index (χ1v) is 8.62. The maximum Gasteiger partial charge on any atom is 0.114 e. The van der Waals surface area contributed by atoms with Gasteiger partial charge < -0.3 is 5.32 Å². The molecule has 0 aliphatic carbocycles. The number of hydrogen-bond acceptors (Lipinski definition) is 4. The van der Waals surface area contributed by atoms with Gasteiger partial charge >= 0.3 is 0 Å². The first-order valence-electron chi connectivity index (χ1n) is 7.74. The molecule has 1 aromatic heterocycles. The van der Waals surface area contributed by atoms with E-state index in [2.05, 4.69) is 57.1 Å². The summed E-state index contributed by atoms with van der Waals surface area (Å²) < 4.78 is 0. The minimum absolute atomic E-state index is 0.0627. The Morgan fingerprint density at radius 3 is 2.60 bits per heavy atom. The molecule has 1 aliphatic rings. The van der Waals surface area contributed by atoms with Crippen LogP contribution in [0.25, 0.3) is 0 Å². The van der Waals surface area contributed by atoms with Crippen molar-refractivity contribution in [2.45, 2.75) is 65.0 Å². The SMILES string of the molecule is CCNC1(c2nc(C(C)(C)C)cs2)CCN(C(C)C)C1. The largest absolute Gasteiger partial charge is 0.305 e. The molecule has 1 fully saturated rings. The molecule has 1 N–H and O–H groups in total. The lowest BCUT2D eigenvalue weighted by Crippen LogP contribution is -2.45. The van der Waals surface area contributed by atoms with Crippen LogP contribution in [-0.2, 0) is 11.0 Å². The van der Waals surface area contributed by atoms with Gasteiger partial charge in [0.2, 0.25) is 0 Å². The Balaban J connectivity index is 2.28. The van der Waals surface area contributed by atoms with Gasteiger partial charge in [0.15, 0.2) is 0 Å². The molecule has 2 rings (SSSR count). The van der Waals surface area contributed by atoms with E-state index in [9.17, 15) is 0 Å². The Kier molecular flexibility index (Phi) is 4.57. The van der Waals surface area contributed by atoms with E-state index in [1.54, 1.807) is 0 Å². The van der Waals surface area contributed by atoms with Gasteiger partial charge in [-0.2, -0.15) is 0 Å². The van der Waals surface area contributed by atoms with E-state index in [1.807, 2.05) is 11.3 Å². The molecule has 0 amide bonds. The van der Waals surface area contributed by atoms with E-state index in [1.165, 1.54) is 10.7 Å². The number of likely N-dealkylation sites (N-methyl/N-ethyl adjacent to an activating group) is 1. The predicted octanol–water partition coefficient (Wildman–Crippen LogP) is 3.36. The van der Waals surface area contributed by atoms with Crippen molar-refractivity contribution in [2.75, 3.05) is 19.6 Å². The van der Waals surface area contributed by atoms with Crippen LogP contribution in [0.15, 0.2) is 5.38 Å². The van der Waals surface area contributed by atoms with Crippen molar-refractivity contribution in [1.82, 2.24) is 15.2 Å². The summed E-state index contributed by atoms with van der Waals surface area (Å²) in [5.41, 5.74) is 1.42. The van der Waals surface area contributed by atoms with Crippen LogP contribution < -0.4 is 5.32 Å². The summed E-state index contributed by atoms with van der Waals surface area (Å²) in [6.07, 6.45) is 1.16. The van der Waals surface area contributed by atoms with Gasteiger partial charge in [0.05, 0.1) is 11.2 Å². The molecular weight excluding hydrogens is 266 g/mol. The Hall–Kier alpha value is -0.450. The van der Waals surface area contributed by atoms with E-state index in [0.29, 0.717) is 6.04 Å². The molecule has 0 radical (unpaired) electrons. The normalized spacial score (nSPS) is 24.8. The molecule has 1 aliphatic heterocycles. The molecule has 0 saturated carbocycles. The molecule has 0 spiro atoms. The molecule has 1 atom stereocenters. The summed E-state index contributed by atoms with van der Waals surface area (Å²) in [5.74, 6) is 0. The summed E-state index contributed by atoms with van der Waals surface area (Å²) in [4.78, 5) is 7.53. The van der Waals surface area contributed by atoms with Gasteiger partial charge in [-0.1, -0.05) is 27.7 Å². The van der Waals surface area contributed by atoms with Crippen molar-refractivity contribution in [2.24, 2.45) is 0 Å². The van der Waals surface area contributed by atoms with E-state index in [4.69, 9.17) is 4.98 Å². The third kappa shape index (κ3) is 3.07. The Morgan fingerprint density at radius 2 is 2.15 bits per heavy atom. The third-order valence-electron chi connectivity index (χ3n) is 4.23. The second kappa shape index (κ2) is 5.74. The fourth-order valence-corrected chi connectivity index (χ4v) is 4.10. The van der Waals surface area contributed by atoms with E-state index >= 15 is 0 Å². The lowest BCUT2D eigenvalue weighted by atomic mass is 9.93.